The molecule has 0 saturated heterocycles. The van der Waals surface area contributed by atoms with Gasteiger partial charge in [-0.2, -0.15) is 13.2 Å². The van der Waals surface area contributed by atoms with E-state index in [1.807, 2.05) is 31.2 Å². The van der Waals surface area contributed by atoms with E-state index in [9.17, 15) is 8.42 Å². The molecule has 1 N–H and O–H groups in total. The first-order valence-electron chi connectivity index (χ1n) is 6.45. The van der Waals surface area contributed by atoms with Gasteiger partial charge in [0.05, 0.1) is 11.3 Å². The monoisotopic (exact) mass is 302 g/mol. The normalized spacial score (nSPS) is 15.6. The molecule has 0 saturated carbocycles. The van der Waals surface area contributed by atoms with Crippen LogP contribution in [0.3, 0.4) is 0 Å². The van der Waals surface area contributed by atoms with Crippen molar-refractivity contribution < 1.29 is 13.2 Å². The van der Waals surface area contributed by atoms with E-state index >= 15 is 0 Å². The average Bonchev–Trinajstić information content (AvgIpc) is 2.89. The molecule has 1 heterocycles. The average molecular weight is 302 g/mol. The van der Waals surface area contributed by atoms with Gasteiger partial charge in [-0.3, -0.25) is 0 Å². The van der Waals surface area contributed by atoms with E-state index in [0.29, 0.717) is 18.1 Å². The number of hydrogen-bond acceptors (Lipinski definition) is 4. The second-order valence-corrected chi connectivity index (χ2v) is 6.46. The fourth-order valence-corrected chi connectivity index (χ4v) is 2.84. The molecule has 0 aromatic heterocycles. The van der Waals surface area contributed by atoms with Gasteiger partial charge in [0.15, 0.2) is 0 Å². The lowest BCUT2D eigenvalue weighted by Crippen LogP contribution is -2.21. The first-order chi connectivity index (χ1) is 10.0. The Bertz CT molecular complexity index is 769. The Labute approximate surface area is 123 Å². The minimum Gasteiger partial charge on any atom is -0.441 e. The van der Waals surface area contributed by atoms with Gasteiger partial charge in [0.25, 0.3) is 10.0 Å². The molecule has 0 atom stereocenters. The van der Waals surface area contributed by atoms with Crippen LogP contribution >= 0.6 is 0 Å². The maximum absolute atomic E-state index is 12.1. The van der Waals surface area contributed by atoms with Crippen LogP contribution in [0.15, 0.2) is 58.5 Å². The lowest BCUT2D eigenvalue weighted by atomic mass is 10.2. The predicted molar refractivity (Wildman–Crippen MR) is 79.7 cm³/mol. The number of fused-ring (bicyclic) bond motifs is 1. The summed E-state index contributed by atoms with van der Waals surface area (Å²) in [6, 6.07) is 14.1. The minimum absolute atomic E-state index is 0.174. The maximum atomic E-state index is 12.1. The molecule has 0 unspecified atom stereocenters. The van der Waals surface area contributed by atoms with Gasteiger partial charge in [0, 0.05) is 5.56 Å². The van der Waals surface area contributed by atoms with Gasteiger partial charge in [-0.1, -0.05) is 35.9 Å². The highest BCUT2D eigenvalue weighted by Crippen LogP contribution is 2.25. The summed E-state index contributed by atoms with van der Waals surface area (Å²) >= 11 is 0. The molecule has 1 aliphatic rings. The summed E-state index contributed by atoms with van der Waals surface area (Å²) in [5.74, 6) is 1.05. The molecule has 0 radical (unpaired) electrons. The summed E-state index contributed by atoms with van der Waals surface area (Å²) in [5.41, 5.74) is 1.99. The molecular weight excluding hydrogens is 288 g/mol. The Morgan fingerprint density at radius 3 is 2.52 bits per heavy atom. The van der Waals surface area contributed by atoms with Gasteiger partial charge >= 0.3 is 0 Å². The topological polar surface area (TPSA) is 67.8 Å². The Morgan fingerprint density at radius 1 is 1.10 bits per heavy atom. The molecule has 6 heteroatoms. The molecule has 0 bridgehead atoms. The molecule has 0 aliphatic carbocycles. The Kier molecular flexibility index (Phi) is 3.39. The number of hydrogen-bond donors (Lipinski definition) is 1. The molecule has 108 valence electrons. The number of aryl methyl sites for hydroxylation is 1. The van der Waals surface area contributed by atoms with Crippen LogP contribution in [0.4, 0.5) is 0 Å². The number of para-hydroxylation sites is 1. The fourth-order valence-electron chi connectivity index (χ4n) is 2.02. The Hall–Kier alpha value is -2.34. The third-order valence-electron chi connectivity index (χ3n) is 3.16. The lowest BCUT2D eigenvalue weighted by molar-refractivity contribution is 0.551. The van der Waals surface area contributed by atoms with Crippen LogP contribution in [-0.4, -0.2) is 14.3 Å². The summed E-state index contributed by atoms with van der Waals surface area (Å²) in [4.78, 5) is 2.38. The third kappa shape index (κ3) is 2.90. The molecule has 1 aliphatic heterocycles. The van der Waals surface area contributed by atoms with E-state index in [1.54, 1.807) is 24.3 Å². The fraction of sp³-hybridized carbons (Fsp3) is 0.133. The van der Waals surface area contributed by atoms with Crippen LogP contribution in [0.5, 0.6) is 5.75 Å². The van der Waals surface area contributed by atoms with Crippen LogP contribution < -0.4 is 9.57 Å². The highest BCUT2D eigenvalue weighted by atomic mass is 32.2. The van der Waals surface area contributed by atoms with Crippen molar-refractivity contribution in [2.24, 2.45) is 5.10 Å². The van der Waals surface area contributed by atoms with Crippen molar-refractivity contribution in [1.82, 2.24) is 4.83 Å². The minimum atomic E-state index is -3.67. The molecule has 5 nitrogen and oxygen atoms in total. The van der Waals surface area contributed by atoms with E-state index in [4.69, 9.17) is 4.74 Å². The third-order valence-corrected chi connectivity index (χ3v) is 4.39. The van der Waals surface area contributed by atoms with E-state index in [1.165, 1.54) is 0 Å². The van der Waals surface area contributed by atoms with Crippen LogP contribution in [0, 0.1) is 6.92 Å². The highest BCUT2D eigenvalue weighted by molar-refractivity contribution is 7.89. The van der Waals surface area contributed by atoms with Gasteiger partial charge < -0.3 is 4.74 Å². The van der Waals surface area contributed by atoms with Crippen molar-refractivity contribution in [3.05, 3.63) is 59.7 Å². The zero-order chi connectivity index (χ0) is 14.9. The van der Waals surface area contributed by atoms with Crippen molar-refractivity contribution in [2.75, 3.05) is 0 Å². The van der Waals surface area contributed by atoms with Crippen LogP contribution in [0.2, 0.25) is 0 Å². The number of rotatable bonds is 3. The number of nitrogens with one attached hydrogen (secondary N) is 1. The summed E-state index contributed by atoms with van der Waals surface area (Å²) in [6.07, 6.45) is 0.479. The van der Waals surface area contributed by atoms with Gasteiger partial charge in [-0.05, 0) is 25.1 Å². The second kappa shape index (κ2) is 5.21. The van der Waals surface area contributed by atoms with Crippen molar-refractivity contribution in [3.8, 4) is 5.75 Å². The molecule has 2 aromatic rings. The van der Waals surface area contributed by atoms with Crippen molar-refractivity contribution in [1.29, 1.82) is 0 Å². The zero-order valence-electron chi connectivity index (χ0n) is 11.4. The molecule has 2 aromatic carbocycles. The molecule has 3 rings (SSSR count). The number of sulfonamides is 1. The van der Waals surface area contributed by atoms with Crippen LogP contribution in [0.25, 0.3) is 0 Å². The quantitative estimate of drug-likeness (QED) is 0.884. The SMILES string of the molecule is Cc1ccc(S(=O)(=O)NN=C2Cc3ccccc3O2)cc1. The van der Waals surface area contributed by atoms with Crippen molar-refractivity contribution in [2.45, 2.75) is 18.2 Å². The van der Waals surface area contributed by atoms with E-state index in [2.05, 4.69) is 9.93 Å². The summed E-state index contributed by atoms with van der Waals surface area (Å²) < 4.78 is 29.7. The van der Waals surface area contributed by atoms with Gasteiger partial charge in [0.1, 0.15) is 5.75 Å². The number of benzene rings is 2. The number of nitrogens with zero attached hydrogens (tertiary/aromatic N) is 1. The molecule has 21 heavy (non-hydrogen) atoms. The van der Waals surface area contributed by atoms with Gasteiger partial charge in [-0.15, -0.1) is 5.10 Å². The van der Waals surface area contributed by atoms with Gasteiger partial charge in [-0.25, -0.2) is 0 Å². The van der Waals surface area contributed by atoms with Gasteiger partial charge in [0.2, 0.25) is 5.90 Å². The highest BCUT2D eigenvalue weighted by Gasteiger charge is 2.19. The lowest BCUT2D eigenvalue weighted by Gasteiger charge is -2.04. The molecule has 0 spiro atoms. The Morgan fingerprint density at radius 2 is 1.81 bits per heavy atom. The molecule has 0 fully saturated rings. The van der Waals surface area contributed by atoms with Crippen molar-refractivity contribution >= 4 is 15.9 Å². The van der Waals surface area contributed by atoms with E-state index in [0.717, 1.165) is 11.1 Å². The van der Waals surface area contributed by atoms with E-state index in [-0.39, 0.29) is 4.90 Å². The number of hydrazone groups is 1. The maximum Gasteiger partial charge on any atom is 0.276 e. The first-order valence-corrected chi connectivity index (χ1v) is 7.94. The second-order valence-electron chi connectivity index (χ2n) is 4.80. The summed E-state index contributed by atoms with van der Waals surface area (Å²) in [6.45, 7) is 1.90. The summed E-state index contributed by atoms with van der Waals surface area (Å²) in [7, 11) is -3.67. The zero-order valence-corrected chi connectivity index (χ0v) is 12.2. The molecule has 0 amide bonds. The molecular formula is C15H14N2O3S. The standard InChI is InChI=1S/C15H14N2O3S/c1-11-6-8-13(9-7-11)21(18,19)17-16-15-10-12-4-2-3-5-14(12)20-15/h2-9,17H,10H2,1H3. The van der Waals surface area contributed by atoms with Crippen LogP contribution in [0.1, 0.15) is 11.1 Å². The van der Waals surface area contributed by atoms with Crippen LogP contribution in [-0.2, 0) is 16.4 Å². The smallest absolute Gasteiger partial charge is 0.276 e. The first kappa shape index (κ1) is 13.6. The largest absolute Gasteiger partial charge is 0.441 e. The predicted octanol–water partition coefficient (Wildman–Crippen LogP) is 2.22. The summed E-state index contributed by atoms with van der Waals surface area (Å²) in [5, 5.41) is 3.86. The van der Waals surface area contributed by atoms with E-state index < -0.39 is 10.0 Å². The number of ether oxygens (including phenoxy) is 1. The Balaban J connectivity index is 1.76. The van der Waals surface area contributed by atoms with Crippen molar-refractivity contribution in [3.63, 3.8) is 0 Å².